The summed E-state index contributed by atoms with van der Waals surface area (Å²) in [5, 5.41) is 3.46. The fraction of sp³-hybridized carbons (Fsp3) is 0.647. The van der Waals surface area contributed by atoms with Crippen LogP contribution in [0.15, 0.2) is 24.3 Å². The lowest BCUT2D eigenvalue weighted by Gasteiger charge is -2.16. The van der Waals surface area contributed by atoms with Gasteiger partial charge in [0, 0.05) is 6.54 Å². The van der Waals surface area contributed by atoms with Crippen LogP contribution < -0.4 is 10.1 Å². The predicted octanol–water partition coefficient (Wildman–Crippen LogP) is 3.17. The van der Waals surface area contributed by atoms with E-state index in [1.54, 1.807) is 0 Å². The van der Waals surface area contributed by atoms with Gasteiger partial charge in [-0.3, -0.25) is 0 Å². The topological polar surface area (TPSA) is 30.5 Å². The molecule has 1 N–H and O–H groups in total. The van der Waals surface area contributed by atoms with Crippen molar-refractivity contribution >= 4 is 0 Å². The largest absolute Gasteiger partial charge is 0.491 e. The molecular formula is C17H27NO2. The first-order valence-electron chi connectivity index (χ1n) is 7.69. The standard InChI is InChI=1S/C17H27NO2/c1-13(2)10-18-11-16-8-9-17(20-16)12-19-15-6-4-14(3)5-7-15/h4-7,13,16-18H,8-12H2,1-3H3. The molecule has 1 fully saturated rings. The summed E-state index contributed by atoms with van der Waals surface area (Å²) in [5.74, 6) is 1.62. The van der Waals surface area contributed by atoms with E-state index in [4.69, 9.17) is 9.47 Å². The third-order valence-corrected chi connectivity index (χ3v) is 3.58. The van der Waals surface area contributed by atoms with Crippen LogP contribution in [0, 0.1) is 12.8 Å². The second-order valence-electron chi connectivity index (χ2n) is 6.13. The predicted molar refractivity (Wildman–Crippen MR) is 82.3 cm³/mol. The highest BCUT2D eigenvalue weighted by molar-refractivity contribution is 5.26. The van der Waals surface area contributed by atoms with Crippen LogP contribution in [-0.4, -0.2) is 31.9 Å². The van der Waals surface area contributed by atoms with Crippen LogP contribution in [-0.2, 0) is 4.74 Å². The zero-order valence-electron chi connectivity index (χ0n) is 12.9. The molecule has 1 aromatic carbocycles. The molecule has 3 heteroatoms. The highest BCUT2D eigenvalue weighted by Crippen LogP contribution is 2.21. The molecule has 0 saturated carbocycles. The highest BCUT2D eigenvalue weighted by Gasteiger charge is 2.25. The summed E-state index contributed by atoms with van der Waals surface area (Å²) in [4.78, 5) is 0. The molecule has 1 aliphatic heterocycles. The van der Waals surface area contributed by atoms with Gasteiger partial charge in [-0.25, -0.2) is 0 Å². The minimum atomic E-state index is 0.238. The van der Waals surface area contributed by atoms with Crippen molar-refractivity contribution in [1.29, 1.82) is 0 Å². The number of rotatable bonds is 7. The van der Waals surface area contributed by atoms with Gasteiger partial charge in [0.05, 0.1) is 12.2 Å². The van der Waals surface area contributed by atoms with Crippen LogP contribution in [0.1, 0.15) is 32.3 Å². The Labute approximate surface area is 122 Å². The van der Waals surface area contributed by atoms with E-state index >= 15 is 0 Å². The Kier molecular flexibility index (Phi) is 5.86. The number of ether oxygens (including phenoxy) is 2. The first kappa shape index (κ1) is 15.3. The Morgan fingerprint density at radius 2 is 1.90 bits per heavy atom. The summed E-state index contributed by atoms with van der Waals surface area (Å²) in [5.41, 5.74) is 1.26. The minimum Gasteiger partial charge on any atom is -0.491 e. The summed E-state index contributed by atoms with van der Waals surface area (Å²) < 4.78 is 11.8. The van der Waals surface area contributed by atoms with Crippen molar-refractivity contribution in [2.75, 3.05) is 19.7 Å². The van der Waals surface area contributed by atoms with Crippen molar-refractivity contribution < 1.29 is 9.47 Å². The average molecular weight is 277 g/mol. The van der Waals surface area contributed by atoms with E-state index in [9.17, 15) is 0 Å². The van der Waals surface area contributed by atoms with Crippen molar-refractivity contribution in [3.8, 4) is 5.75 Å². The normalized spacial score (nSPS) is 22.4. The molecule has 1 heterocycles. The molecule has 0 aromatic heterocycles. The first-order valence-corrected chi connectivity index (χ1v) is 7.69. The molecule has 0 aliphatic carbocycles. The van der Waals surface area contributed by atoms with Crippen LogP contribution in [0.4, 0.5) is 0 Å². The molecule has 3 nitrogen and oxygen atoms in total. The van der Waals surface area contributed by atoms with Gasteiger partial charge in [-0.1, -0.05) is 31.5 Å². The van der Waals surface area contributed by atoms with E-state index in [1.165, 1.54) is 5.56 Å². The molecule has 2 rings (SSSR count). The Hall–Kier alpha value is -1.06. The highest BCUT2D eigenvalue weighted by atomic mass is 16.5. The van der Waals surface area contributed by atoms with Gasteiger partial charge in [0.15, 0.2) is 0 Å². The van der Waals surface area contributed by atoms with Crippen molar-refractivity contribution in [2.45, 2.75) is 45.8 Å². The van der Waals surface area contributed by atoms with Gasteiger partial charge < -0.3 is 14.8 Å². The van der Waals surface area contributed by atoms with Gasteiger partial charge in [-0.15, -0.1) is 0 Å². The van der Waals surface area contributed by atoms with Crippen molar-refractivity contribution in [1.82, 2.24) is 5.32 Å². The number of hydrogen-bond donors (Lipinski definition) is 1. The lowest BCUT2D eigenvalue weighted by atomic mass is 10.2. The Balaban J connectivity index is 1.64. The fourth-order valence-electron chi connectivity index (χ4n) is 2.41. The molecule has 1 aliphatic rings. The maximum absolute atomic E-state index is 6.00. The van der Waals surface area contributed by atoms with Crippen LogP contribution >= 0.6 is 0 Å². The molecule has 2 atom stereocenters. The smallest absolute Gasteiger partial charge is 0.119 e. The van der Waals surface area contributed by atoms with E-state index in [2.05, 4.69) is 38.2 Å². The third kappa shape index (κ3) is 5.14. The van der Waals surface area contributed by atoms with Gasteiger partial charge in [-0.05, 0) is 44.4 Å². The van der Waals surface area contributed by atoms with Gasteiger partial charge >= 0.3 is 0 Å². The molecule has 1 aromatic rings. The zero-order valence-corrected chi connectivity index (χ0v) is 12.9. The Morgan fingerprint density at radius 3 is 2.60 bits per heavy atom. The molecule has 112 valence electrons. The quantitative estimate of drug-likeness (QED) is 0.830. The summed E-state index contributed by atoms with van der Waals surface area (Å²) >= 11 is 0. The van der Waals surface area contributed by atoms with E-state index in [-0.39, 0.29) is 6.10 Å². The number of nitrogens with one attached hydrogen (secondary N) is 1. The SMILES string of the molecule is Cc1ccc(OCC2CCC(CNCC(C)C)O2)cc1. The number of aryl methyl sites for hydroxylation is 1. The Morgan fingerprint density at radius 1 is 1.20 bits per heavy atom. The van der Waals surface area contributed by atoms with Crippen molar-refractivity contribution in [2.24, 2.45) is 5.92 Å². The summed E-state index contributed by atoms with van der Waals surface area (Å²) in [7, 11) is 0. The first-order chi connectivity index (χ1) is 9.63. The summed E-state index contributed by atoms with van der Waals surface area (Å²) in [6.07, 6.45) is 2.81. The van der Waals surface area contributed by atoms with Gasteiger partial charge in [0.1, 0.15) is 12.4 Å². The minimum absolute atomic E-state index is 0.238. The molecule has 0 radical (unpaired) electrons. The number of hydrogen-bond acceptors (Lipinski definition) is 3. The fourth-order valence-corrected chi connectivity index (χ4v) is 2.41. The molecule has 20 heavy (non-hydrogen) atoms. The monoisotopic (exact) mass is 277 g/mol. The van der Waals surface area contributed by atoms with Gasteiger partial charge in [-0.2, -0.15) is 0 Å². The second-order valence-corrected chi connectivity index (χ2v) is 6.13. The molecular weight excluding hydrogens is 250 g/mol. The molecule has 0 spiro atoms. The molecule has 0 amide bonds. The van der Waals surface area contributed by atoms with Crippen molar-refractivity contribution in [3.63, 3.8) is 0 Å². The second kappa shape index (κ2) is 7.65. The Bertz CT molecular complexity index is 388. The summed E-state index contributed by atoms with van der Waals surface area (Å²) in [6, 6.07) is 8.19. The van der Waals surface area contributed by atoms with Crippen LogP contribution in [0.3, 0.4) is 0 Å². The zero-order chi connectivity index (χ0) is 14.4. The van der Waals surface area contributed by atoms with Crippen LogP contribution in [0.25, 0.3) is 0 Å². The lowest BCUT2D eigenvalue weighted by molar-refractivity contribution is 0.0184. The molecule has 2 unspecified atom stereocenters. The van der Waals surface area contributed by atoms with Crippen LogP contribution in [0.2, 0.25) is 0 Å². The van der Waals surface area contributed by atoms with Crippen molar-refractivity contribution in [3.05, 3.63) is 29.8 Å². The number of benzene rings is 1. The lowest BCUT2D eigenvalue weighted by Crippen LogP contribution is -2.30. The van der Waals surface area contributed by atoms with E-state index in [1.807, 2.05) is 12.1 Å². The van der Waals surface area contributed by atoms with E-state index < -0.39 is 0 Å². The van der Waals surface area contributed by atoms with E-state index in [0.29, 0.717) is 18.6 Å². The van der Waals surface area contributed by atoms with E-state index in [0.717, 1.165) is 31.7 Å². The maximum atomic E-state index is 6.00. The summed E-state index contributed by atoms with van der Waals surface area (Å²) in [6.45, 7) is 9.20. The van der Waals surface area contributed by atoms with Crippen LogP contribution in [0.5, 0.6) is 5.75 Å². The molecule has 1 saturated heterocycles. The average Bonchev–Trinajstić information content (AvgIpc) is 2.86. The van der Waals surface area contributed by atoms with Gasteiger partial charge in [0.25, 0.3) is 0 Å². The van der Waals surface area contributed by atoms with Gasteiger partial charge in [0.2, 0.25) is 0 Å². The molecule has 0 bridgehead atoms. The maximum Gasteiger partial charge on any atom is 0.119 e. The third-order valence-electron chi connectivity index (χ3n) is 3.58.